The Morgan fingerprint density at radius 1 is 0.919 bits per heavy atom. The van der Waals surface area contributed by atoms with Crippen molar-refractivity contribution in [1.29, 1.82) is 0 Å². The number of rotatable bonds is 17. The molecule has 7 nitrogen and oxygen atoms in total. The van der Waals surface area contributed by atoms with E-state index in [4.69, 9.17) is 4.74 Å². The number of amides is 2. The van der Waals surface area contributed by atoms with Gasteiger partial charge in [-0.05, 0) is 92.6 Å². The number of allylic oxidation sites excluding steroid dienone is 5. The standard InChI is InChI=1S/C28H48N2O5S2/c1-20(2)11-9-12-21(3)13-10-14-22(4)15-18-37-19-24(26(32)33)29-25(31)23(16-17-36-8)30-27(34)35-28(5,6)7/h11,13,15,23-24H,9-10,12,14,16-19H2,1-8H3,(H,29,31)(H,30,34)(H,32,33)/t23-,24-/m0/s1. The summed E-state index contributed by atoms with van der Waals surface area (Å²) >= 11 is 2.99. The lowest BCUT2D eigenvalue weighted by Gasteiger charge is -2.24. The van der Waals surface area contributed by atoms with Crippen LogP contribution in [0.15, 0.2) is 34.9 Å². The summed E-state index contributed by atoms with van der Waals surface area (Å²) in [4.78, 5) is 36.7. The van der Waals surface area contributed by atoms with Crippen LogP contribution >= 0.6 is 23.5 Å². The average molecular weight is 557 g/mol. The van der Waals surface area contributed by atoms with Crippen molar-refractivity contribution in [1.82, 2.24) is 10.6 Å². The van der Waals surface area contributed by atoms with Crippen molar-refractivity contribution in [2.75, 3.05) is 23.5 Å². The van der Waals surface area contributed by atoms with Gasteiger partial charge in [0, 0.05) is 11.5 Å². The van der Waals surface area contributed by atoms with Gasteiger partial charge in [-0.15, -0.1) is 0 Å². The van der Waals surface area contributed by atoms with Crippen LogP contribution in [0.25, 0.3) is 0 Å². The maximum Gasteiger partial charge on any atom is 0.408 e. The van der Waals surface area contributed by atoms with Crippen molar-refractivity contribution >= 4 is 41.5 Å². The molecule has 0 aromatic rings. The summed E-state index contributed by atoms with van der Waals surface area (Å²) in [6.45, 7) is 13.7. The molecule has 0 aromatic carbocycles. The van der Waals surface area contributed by atoms with E-state index >= 15 is 0 Å². The Labute approximate surface area is 232 Å². The van der Waals surface area contributed by atoms with Crippen LogP contribution in [0.5, 0.6) is 0 Å². The molecule has 3 N–H and O–H groups in total. The lowest BCUT2D eigenvalue weighted by atomic mass is 10.1. The molecule has 0 aromatic heterocycles. The second kappa shape index (κ2) is 19.2. The number of thioether (sulfide) groups is 2. The number of carboxylic acid groups (broad SMARTS) is 1. The normalized spacial score (nSPS) is 13.9. The first-order valence-corrected chi connectivity index (χ1v) is 15.3. The largest absolute Gasteiger partial charge is 0.480 e. The molecule has 212 valence electrons. The number of carboxylic acids is 1. The molecule has 0 fully saturated rings. The van der Waals surface area contributed by atoms with Crippen molar-refractivity contribution < 1.29 is 24.2 Å². The first-order valence-electron chi connectivity index (χ1n) is 12.8. The molecule has 0 heterocycles. The number of carbonyl (C=O) groups is 3. The molecule has 0 aliphatic carbocycles. The van der Waals surface area contributed by atoms with Crippen molar-refractivity contribution in [3.63, 3.8) is 0 Å². The molecular formula is C28H48N2O5S2. The van der Waals surface area contributed by atoms with Gasteiger partial charge in [0.15, 0.2) is 0 Å². The fourth-order valence-electron chi connectivity index (χ4n) is 3.13. The maximum absolute atomic E-state index is 12.8. The topological polar surface area (TPSA) is 105 Å². The van der Waals surface area contributed by atoms with Crippen LogP contribution in [0, 0.1) is 0 Å². The highest BCUT2D eigenvalue weighted by Crippen LogP contribution is 2.14. The van der Waals surface area contributed by atoms with Crippen LogP contribution in [-0.4, -0.2) is 64.3 Å². The Kier molecular flexibility index (Phi) is 18.3. The van der Waals surface area contributed by atoms with E-state index in [1.807, 2.05) is 6.26 Å². The maximum atomic E-state index is 12.8. The molecule has 0 unspecified atom stereocenters. The Hall–Kier alpha value is -1.87. The number of nitrogens with one attached hydrogen (secondary N) is 2. The summed E-state index contributed by atoms with van der Waals surface area (Å²) in [5.41, 5.74) is 3.31. The molecule has 0 saturated carbocycles. The van der Waals surface area contributed by atoms with Gasteiger partial charge >= 0.3 is 12.1 Å². The van der Waals surface area contributed by atoms with E-state index in [1.165, 1.54) is 40.2 Å². The summed E-state index contributed by atoms with van der Waals surface area (Å²) in [7, 11) is 0. The molecule has 9 heteroatoms. The number of hydrogen-bond donors (Lipinski definition) is 3. The van der Waals surface area contributed by atoms with Gasteiger partial charge in [0.25, 0.3) is 0 Å². The van der Waals surface area contributed by atoms with E-state index in [2.05, 4.69) is 56.6 Å². The molecule has 0 aliphatic heterocycles. The number of carbonyl (C=O) groups excluding carboxylic acids is 2. The van der Waals surface area contributed by atoms with E-state index in [0.29, 0.717) is 17.9 Å². The molecule has 0 saturated heterocycles. The first kappa shape index (κ1) is 35.1. The molecule has 0 rings (SSSR count). The summed E-state index contributed by atoms with van der Waals surface area (Å²) in [5.74, 6) is -0.0896. The van der Waals surface area contributed by atoms with Gasteiger partial charge in [-0.1, -0.05) is 34.9 Å². The van der Waals surface area contributed by atoms with Crippen molar-refractivity contribution in [2.45, 2.75) is 98.3 Å². The van der Waals surface area contributed by atoms with Gasteiger partial charge in [0.05, 0.1) is 0 Å². The molecule has 2 amide bonds. The van der Waals surface area contributed by atoms with E-state index in [-0.39, 0.29) is 5.75 Å². The smallest absolute Gasteiger partial charge is 0.408 e. The van der Waals surface area contributed by atoms with Gasteiger partial charge in [0.2, 0.25) is 5.91 Å². The molecule has 37 heavy (non-hydrogen) atoms. The third kappa shape index (κ3) is 19.9. The Balaban J connectivity index is 4.73. The summed E-state index contributed by atoms with van der Waals surface area (Å²) < 4.78 is 5.25. The highest BCUT2D eigenvalue weighted by Gasteiger charge is 2.28. The predicted molar refractivity (Wildman–Crippen MR) is 158 cm³/mol. The Morgan fingerprint density at radius 3 is 2.05 bits per heavy atom. The van der Waals surface area contributed by atoms with Crippen LogP contribution in [0.3, 0.4) is 0 Å². The van der Waals surface area contributed by atoms with E-state index < -0.39 is 35.7 Å². The fraction of sp³-hybridized carbons (Fsp3) is 0.679. The van der Waals surface area contributed by atoms with Gasteiger partial charge in [-0.3, -0.25) is 4.79 Å². The molecule has 0 aliphatic rings. The minimum Gasteiger partial charge on any atom is -0.480 e. The van der Waals surface area contributed by atoms with Crippen molar-refractivity contribution in [3.8, 4) is 0 Å². The minimum atomic E-state index is -1.10. The number of ether oxygens (including phenoxy) is 1. The van der Waals surface area contributed by atoms with Gasteiger partial charge in [-0.2, -0.15) is 23.5 Å². The molecular weight excluding hydrogens is 508 g/mol. The van der Waals surface area contributed by atoms with E-state index in [9.17, 15) is 19.5 Å². The average Bonchev–Trinajstić information content (AvgIpc) is 2.76. The third-order valence-corrected chi connectivity index (χ3v) is 6.80. The zero-order valence-corrected chi connectivity index (χ0v) is 25.6. The summed E-state index contributed by atoms with van der Waals surface area (Å²) in [6, 6.07) is -1.91. The number of hydrogen-bond acceptors (Lipinski definition) is 6. The zero-order valence-electron chi connectivity index (χ0n) is 23.9. The minimum absolute atomic E-state index is 0.232. The van der Waals surface area contributed by atoms with Gasteiger partial charge in [-0.25, -0.2) is 9.59 Å². The van der Waals surface area contributed by atoms with Crippen LogP contribution in [0.1, 0.15) is 80.6 Å². The quantitative estimate of drug-likeness (QED) is 0.142. The number of alkyl carbamates (subject to hydrolysis) is 1. The molecule has 2 atom stereocenters. The lowest BCUT2D eigenvalue weighted by molar-refractivity contribution is -0.141. The van der Waals surface area contributed by atoms with Crippen LogP contribution in [0.4, 0.5) is 4.79 Å². The van der Waals surface area contributed by atoms with Crippen molar-refractivity contribution in [2.24, 2.45) is 0 Å². The van der Waals surface area contributed by atoms with Gasteiger partial charge in [0.1, 0.15) is 17.7 Å². The number of aliphatic carboxylic acids is 1. The third-order valence-electron chi connectivity index (χ3n) is 5.19. The second-order valence-corrected chi connectivity index (χ2v) is 12.4. The zero-order chi connectivity index (χ0) is 28.4. The van der Waals surface area contributed by atoms with E-state index in [0.717, 1.165) is 25.7 Å². The van der Waals surface area contributed by atoms with Crippen LogP contribution in [-0.2, 0) is 14.3 Å². The first-order chi connectivity index (χ1) is 17.2. The molecule has 0 spiro atoms. The van der Waals surface area contributed by atoms with Gasteiger partial charge < -0.3 is 20.5 Å². The fourth-order valence-corrected chi connectivity index (χ4v) is 4.60. The van der Waals surface area contributed by atoms with Crippen LogP contribution < -0.4 is 10.6 Å². The summed E-state index contributed by atoms with van der Waals surface area (Å²) in [6.07, 6.45) is 12.3. The summed E-state index contributed by atoms with van der Waals surface area (Å²) in [5, 5.41) is 14.8. The SMILES string of the molecule is CSCC[C@H](NC(=O)OC(C)(C)C)C(=O)N[C@@H](CSCC=C(C)CCC=C(C)CCC=C(C)C)C(=O)O. The monoisotopic (exact) mass is 556 g/mol. The van der Waals surface area contributed by atoms with E-state index in [1.54, 1.807) is 20.8 Å². The Bertz CT molecular complexity index is 812. The van der Waals surface area contributed by atoms with Crippen LogP contribution in [0.2, 0.25) is 0 Å². The highest BCUT2D eigenvalue weighted by atomic mass is 32.2. The van der Waals surface area contributed by atoms with Crippen molar-refractivity contribution in [3.05, 3.63) is 34.9 Å². The molecule has 0 bridgehead atoms. The lowest BCUT2D eigenvalue weighted by Crippen LogP contribution is -2.53. The molecule has 0 radical (unpaired) electrons. The predicted octanol–water partition coefficient (Wildman–Crippen LogP) is 6.35. The second-order valence-electron chi connectivity index (χ2n) is 10.4. The highest BCUT2D eigenvalue weighted by molar-refractivity contribution is 7.99. The Morgan fingerprint density at radius 2 is 1.51 bits per heavy atom.